The Labute approximate surface area is 110 Å². The highest BCUT2D eigenvalue weighted by Gasteiger charge is 2.18. The van der Waals surface area contributed by atoms with Crippen molar-refractivity contribution in [2.24, 2.45) is 0 Å². The van der Waals surface area contributed by atoms with E-state index in [0.717, 1.165) is 17.9 Å². The second kappa shape index (κ2) is 6.10. The fourth-order valence-electron chi connectivity index (χ4n) is 2.76. The minimum absolute atomic E-state index is 0.712. The molecule has 1 aliphatic heterocycles. The molecule has 1 atom stereocenters. The largest absolute Gasteiger partial charge is 0.497 e. The van der Waals surface area contributed by atoms with E-state index in [1.165, 1.54) is 37.8 Å². The van der Waals surface area contributed by atoms with Gasteiger partial charge in [-0.2, -0.15) is 0 Å². The van der Waals surface area contributed by atoms with E-state index in [9.17, 15) is 0 Å². The molecule has 0 bridgehead atoms. The van der Waals surface area contributed by atoms with Crippen LogP contribution in [-0.4, -0.2) is 31.6 Å². The summed E-state index contributed by atoms with van der Waals surface area (Å²) in [5, 5.41) is 0. The molecule has 18 heavy (non-hydrogen) atoms. The van der Waals surface area contributed by atoms with E-state index >= 15 is 0 Å². The van der Waals surface area contributed by atoms with E-state index in [4.69, 9.17) is 10.5 Å². The summed E-state index contributed by atoms with van der Waals surface area (Å²) in [7, 11) is 3.93. The van der Waals surface area contributed by atoms with Gasteiger partial charge >= 0.3 is 0 Å². The van der Waals surface area contributed by atoms with Gasteiger partial charge in [0, 0.05) is 11.7 Å². The van der Waals surface area contributed by atoms with Crippen LogP contribution in [0.1, 0.15) is 31.2 Å². The van der Waals surface area contributed by atoms with Gasteiger partial charge in [-0.05, 0) is 63.0 Å². The normalized spacial score (nSPS) is 20.9. The zero-order valence-electron chi connectivity index (χ0n) is 11.5. The standard InChI is InChI=1S/C15H24N2O/c1-17-10-4-3-5-13(17)7-6-12-11-14(18-2)8-9-15(12)16/h8-9,11,13H,3-7,10,16H2,1-2H3. The van der Waals surface area contributed by atoms with Gasteiger partial charge in [0.05, 0.1) is 7.11 Å². The number of rotatable bonds is 4. The van der Waals surface area contributed by atoms with Gasteiger partial charge in [-0.1, -0.05) is 6.42 Å². The minimum atomic E-state index is 0.712. The zero-order chi connectivity index (χ0) is 13.0. The molecule has 0 saturated carbocycles. The van der Waals surface area contributed by atoms with Gasteiger partial charge in [-0.3, -0.25) is 0 Å². The number of likely N-dealkylation sites (tertiary alicyclic amines) is 1. The van der Waals surface area contributed by atoms with Gasteiger partial charge < -0.3 is 15.4 Å². The third kappa shape index (κ3) is 3.16. The quantitative estimate of drug-likeness (QED) is 0.833. The second-order valence-corrected chi connectivity index (χ2v) is 5.23. The minimum Gasteiger partial charge on any atom is -0.497 e. The van der Waals surface area contributed by atoms with Crippen LogP contribution in [0.15, 0.2) is 18.2 Å². The van der Waals surface area contributed by atoms with Crippen LogP contribution >= 0.6 is 0 Å². The fourth-order valence-corrected chi connectivity index (χ4v) is 2.76. The molecule has 100 valence electrons. The Kier molecular flexibility index (Phi) is 4.48. The molecule has 2 N–H and O–H groups in total. The molecule has 1 heterocycles. The number of nitrogens with two attached hydrogens (primary N) is 1. The summed E-state index contributed by atoms with van der Waals surface area (Å²) in [6.45, 7) is 1.23. The summed E-state index contributed by atoms with van der Waals surface area (Å²) in [4.78, 5) is 2.49. The van der Waals surface area contributed by atoms with E-state index in [-0.39, 0.29) is 0 Å². The van der Waals surface area contributed by atoms with Crippen molar-refractivity contribution in [3.63, 3.8) is 0 Å². The highest BCUT2D eigenvalue weighted by atomic mass is 16.5. The lowest BCUT2D eigenvalue weighted by atomic mass is 9.96. The van der Waals surface area contributed by atoms with Crippen LogP contribution in [0.3, 0.4) is 0 Å². The average Bonchev–Trinajstić information content (AvgIpc) is 2.39. The van der Waals surface area contributed by atoms with Crippen LogP contribution in [0, 0.1) is 0 Å². The Morgan fingerprint density at radius 3 is 2.94 bits per heavy atom. The SMILES string of the molecule is COc1ccc(N)c(CCC2CCCCN2C)c1. The van der Waals surface area contributed by atoms with E-state index in [0.29, 0.717) is 6.04 Å². The van der Waals surface area contributed by atoms with Crippen molar-refractivity contribution in [2.45, 2.75) is 38.1 Å². The highest BCUT2D eigenvalue weighted by Crippen LogP contribution is 2.24. The first-order valence-corrected chi connectivity index (χ1v) is 6.83. The number of methoxy groups -OCH3 is 1. The monoisotopic (exact) mass is 248 g/mol. The first-order chi connectivity index (χ1) is 8.70. The molecule has 1 fully saturated rings. The van der Waals surface area contributed by atoms with Gasteiger partial charge in [0.15, 0.2) is 0 Å². The maximum atomic E-state index is 6.03. The number of benzene rings is 1. The van der Waals surface area contributed by atoms with Crippen molar-refractivity contribution >= 4 is 5.69 Å². The second-order valence-electron chi connectivity index (χ2n) is 5.23. The Bertz CT molecular complexity index is 392. The topological polar surface area (TPSA) is 38.5 Å². The number of anilines is 1. The number of nitrogens with zero attached hydrogens (tertiary/aromatic N) is 1. The van der Waals surface area contributed by atoms with Crippen molar-refractivity contribution in [3.05, 3.63) is 23.8 Å². The van der Waals surface area contributed by atoms with Crippen LogP contribution in [0.2, 0.25) is 0 Å². The van der Waals surface area contributed by atoms with E-state index in [2.05, 4.69) is 18.0 Å². The third-order valence-corrected chi connectivity index (χ3v) is 4.02. The molecule has 1 aromatic carbocycles. The van der Waals surface area contributed by atoms with Gasteiger partial charge in [-0.15, -0.1) is 0 Å². The van der Waals surface area contributed by atoms with Crippen LogP contribution in [0.25, 0.3) is 0 Å². The number of nitrogen functional groups attached to an aromatic ring is 1. The molecule has 0 radical (unpaired) electrons. The molecule has 3 heteroatoms. The molecule has 0 aromatic heterocycles. The molecular formula is C15H24N2O. The number of piperidine rings is 1. The molecular weight excluding hydrogens is 224 g/mol. The summed E-state index contributed by atoms with van der Waals surface area (Å²) < 4.78 is 5.26. The Morgan fingerprint density at radius 2 is 2.22 bits per heavy atom. The summed E-state index contributed by atoms with van der Waals surface area (Å²) in [6, 6.07) is 6.65. The number of ether oxygens (including phenoxy) is 1. The lowest BCUT2D eigenvalue weighted by Gasteiger charge is -2.32. The lowest BCUT2D eigenvalue weighted by Crippen LogP contribution is -2.36. The van der Waals surface area contributed by atoms with E-state index in [1.54, 1.807) is 7.11 Å². The molecule has 1 aliphatic rings. The third-order valence-electron chi connectivity index (χ3n) is 4.02. The molecule has 0 aliphatic carbocycles. The lowest BCUT2D eigenvalue weighted by molar-refractivity contribution is 0.176. The summed E-state index contributed by atoms with van der Waals surface area (Å²) >= 11 is 0. The maximum Gasteiger partial charge on any atom is 0.119 e. The van der Waals surface area contributed by atoms with Crippen molar-refractivity contribution in [3.8, 4) is 5.75 Å². The predicted molar refractivity (Wildman–Crippen MR) is 76.0 cm³/mol. The Hall–Kier alpha value is -1.22. The van der Waals surface area contributed by atoms with Crippen molar-refractivity contribution in [1.29, 1.82) is 0 Å². The van der Waals surface area contributed by atoms with Gasteiger partial charge in [0.2, 0.25) is 0 Å². The summed E-state index contributed by atoms with van der Waals surface area (Å²) in [5.74, 6) is 0.899. The summed E-state index contributed by atoms with van der Waals surface area (Å²) in [5.41, 5.74) is 8.12. The maximum absolute atomic E-state index is 6.03. The molecule has 0 spiro atoms. The number of aryl methyl sites for hydroxylation is 1. The highest BCUT2D eigenvalue weighted by molar-refractivity contribution is 5.50. The number of hydrogen-bond acceptors (Lipinski definition) is 3. The number of hydrogen-bond donors (Lipinski definition) is 1. The molecule has 3 nitrogen and oxygen atoms in total. The smallest absolute Gasteiger partial charge is 0.119 e. The molecule has 1 aromatic rings. The van der Waals surface area contributed by atoms with Crippen molar-refractivity contribution in [2.75, 3.05) is 26.4 Å². The van der Waals surface area contributed by atoms with Crippen molar-refractivity contribution < 1.29 is 4.74 Å². The predicted octanol–water partition coefficient (Wildman–Crippen LogP) is 2.69. The van der Waals surface area contributed by atoms with Crippen LogP contribution in [-0.2, 0) is 6.42 Å². The van der Waals surface area contributed by atoms with Gasteiger partial charge in [-0.25, -0.2) is 0 Å². The van der Waals surface area contributed by atoms with E-state index < -0.39 is 0 Å². The van der Waals surface area contributed by atoms with Crippen LogP contribution in [0.5, 0.6) is 5.75 Å². The van der Waals surface area contributed by atoms with E-state index in [1.807, 2.05) is 12.1 Å². The first-order valence-electron chi connectivity index (χ1n) is 6.83. The van der Waals surface area contributed by atoms with Crippen molar-refractivity contribution in [1.82, 2.24) is 4.90 Å². The Morgan fingerprint density at radius 1 is 1.39 bits per heavy atom. The van der Waals surface area contributed by atoms with Gasteiger partial charge in [0.1, 0.15) is 5.75 Å². The molecule has 1 saturated heterocycles. The Balaban J connectivity index is 1.96. The molecule has 2 rings (SSSR count). The molecule has 0 amide bonds. The molecule has 1 unspecified atom stereocenters. The van der Waals surface area contributed by atoms with Gasteiger partial charge in [0.25, 0.3) is 0 Å². The first kappa shape index (κ1) is 13.2. The van der Waals surface area contributed by atoms with Crippen LogP contribution < -0.4 is 10.5 Å². The average molecular weight is 248 g/mol. The zero-order valence-corrected chi connectivity index (χ0v) is 11.5. The fraction of sp³-hybridized carbons (Fsp3) is 0.600. The van der Waals surface area contributed by atoms with Crippen LogP contribution in [0.4, 0.5) is 5.69 Å². The summed E-state index contributed by atoms with van der Waals surface area (Å²) in [6.07, 6.45) is 6.25.